The van der Waals surface area contributed by atoms with Crippen molar-refractivity contribution in [1.29, 1.82) is 0 Å². The Hall–Kier alpha value is -1.55. The molecule has 1 amide bonds. The number of benzene rings is 1. The first-order chi connectivity index (χ1) is 8.28. The van der Waals surface area contributed by atoms with E-state index in [1.54, 1.807) is 7.11 Å². The third kappa shape index (κ3) is 3.46. The molecule has 1 saturated heterocycles. The lowest BCUT2D eigenvalue weighted by Gasteiger charge is -2.11. The highest BCUT2D eigenvalue weighted by molar-refractivity contribution is 5.91. The molecule has 1 heterocycles. The van der Waals surface area contributed by atoms with E-state index in [1.165, 1.54) is 0 Å². The van der Waals surface area contributed by atoms with Crippen LogP contribution in [-0.2, 0) is 4.79 Å². The van der Waals surface area contributed by atoms with Crippen molar-refractivity contribution >= 4 is 11.6 Å². The predicted octanol–water partition coefficient (Wildman–Crippen LogP) is 1.78. The zero-order valence-corrected chi connectivity index (χ0v) is 10.0. The number of nitrogens with one attached hydrogen (secondary N) is 2. The average molecular weight is 234 g/mol. The van der Waals surface area contributed by atoms with Crippen LogP contribution in [0, 0.1) is 0 Å². The smallest absolute Gasteiger partial charge is 0.225 e. The first kappa shape index (κ1) is 11.9. The van der Waals surface area contributed by atoms with Crippen molar-refractivity contribution in [2.24, 2.45) is 0 Å². The Labute approximate surface area is 101 Å². The summed E-state index contributed by atoms with van der Waals surface area (Å²) >= 11 is 0. The lowest BCUT2D eigenvalue weighted by atomic mass is 10.1. The SMILES string of the molecule is COc1cccc(NC(=O)CC2CCCN2)c1. The monoisotopic (exact) mass is 234 g/mol. The molecule has 1 aromatic carbocycles. The van der Waals surface area contributed by atoms with Crippen LogP contribution in [0.4, 0.5) is 5.69 Å². The molecule has 0 bridgehead atoms. The van der Waals surface area contributed by atoms with Crippen molar-refractivity contribution < 1.29 is 9.53 Å². The molecule has 1 aliphatic rings. The molecule has 0 spiro atoms. The maximum atomic E-state index is 11.8. The number of ether oxygens (including phenoxy) is 1. The molecule has 17 heavy (non-hydrogen) atoms. The zero-order valence-electron chi connectivity index (χ0n) is 10.0. The molecule has 1 fully saturated rings. The number of hydrogen-bond acceptors (Lipinski definition) is 3. The van der Waals surface area contributed by atoms with Crippen molar-refractivity contribution in [3.8, 4) is 5.75 Å². The van der Waals surface area contributed by atoms with Crippen LogP contribution in [0.5, 0.6) is 5.75 Å². The molecule has 0 aromatic heterocycles. The Balaban J connectivity index is 1.88. The minimum atomic E-state index is 0.0534. The van der Waals surface area contributed by atoms with Crippen molar-refractivity contribution in [3.63, 3.8) is 0 Å². The summed E-state index contributed by atoms with van der Waals surface area (Å²) < 4.78 is 5.11. The first-order valence-electron chi connectivity index (χ1n) is 5.95. The van der Waals surface area contributed by atoms with Gasteiger partial charge in [0.1, 0.15) is 5.75 Å². The van der Waals surface area contributed by atoms with Crippen molar-refractivity contribution in [2.45, 2.75) is 25.3 Å². The van der Waals surface area contributed by atoms with E-state index in [2.05, 4.69) is 10.6 Å². The fourth-order valence-corrected chi connectivity index (χ4v) is 2.07. The highest BCUT2D eigenvalue weighted by atomic mass is 16.5. The molecular formula is C13H18N2O2. The number of carbonyl (C=O) groups is 1. The molecule has 0 saturated carbocycles. The lowest BCUT2D eigenvalue weighted by molar-refractivity contribution is -0.116. The second kappa shape index (κ2) is 5.68. The van der Waals surface area contributed by atoms with Gasteiger partial charge >= 0.3 is 0 Å². The number of carbonyl (C=O) groups excluding carboxylic acids is 1. The molecule has 4 nitrogen and oxygen atoms in total. The number of methoxy groups -OCH3 is 1. The second-order valence-corrected chi connectivity index (χ2v) is 4.28. The molecular weight excluding hydrogens is 216 g/mol. The van der Waals surface area contributed by atoms with Crippen LogP contribution in [0.25, 0.3) is 0 Å². The largest absolute Gasteiger partial charge is 0.497 e. The fourth-order valence-electron chi connectivity index (χ4n) is 2.07. The summed E-state index contributed by atoms with van der Waals surface area (Å²) in [5.74, 6) is 0.805. The maximum Gasteiger partial charge on any atom is 0.225 e. The lowest BCUT2D eigenvalue weighted by Crippen LogP contribution is -2.27. The number of hydrogen-bond donors (Lipinski definition) is 2. The van der Waals surface area contributed by atoms with Gasteiger partial charge in [-0.05, 0) is 31.5 Å². The summed E-state index contributed by atoms with van der Waals surface area (Å²) in [6.45, 7) is 1.02. The predicted molar refractivity (Wildman–Crippen MR) is 67.3 cm³/mol. The number of anilines is 1. The Kier molecular flexibility index (Phi) is 3.98. The molecule has 1 unspecified atom stereocenters. The third-order valence-corrected chi connectivity index (χ3v) is 2.95. The summed E-state index contributed by atoms with van der Waals surface area (Å²) in [5, 5.41) is 6.19. The highest BCUT2D eigenvalue weighted by Crippen LogP contribution is 2.17. The summed E-state index contributed by atoms with van der Waals surface area (Å²) in [6.07, 6.45) is 2.79. The van der Waals surface area contributed by atoms with Gasteiger partial charge in [0.05, 0.1) is 7.11 Å². The third-order valence-electron chi connectivity index (χ3n) is 2.95. The first-order valence-corrected chi connectivity index (χ1v) is 5.95. The zero-order chi connectivity index (χ0) is 12.1. The van der Waals surface area contributed by atoms with Gasteiger partial charge in [-0.2, -0.15) is 0 Å². The molecule has 0 aliphatic carbocycles. The van der Waals surface area contributed by atoms with E-state index in [4.69, 9.17) is 4.74 Å². The molecule has 2 N–H and O–H groups in total. The Bertz CT molecular complexity index is 387. The average Bonchev–Trinajstić information content (AvgIpc) is 2.82. The number of amides is 1. The van der Waals surface area contributed by atoms with Crippen molar-refractivity contribution in [3.05, 3.63) is 24.3 Å². The Morgan fingerprint density at radius 2 is 2.47 bits per heavy atom. The van der Waals surface area contributed by atoms with E-state index in [0.29, 0.717) is 12.5 Å². The fraction of sp³-hybridized carbons (Fsp3) is 0.462. The summed E-state index contributed by atoms with van der Waals surface area (Å²) in [7, 11) is 1.61. The molecule has 92 valence electrons. The van der Waals surface area contributed by atoms with Crippen LogP contribution in [0.15, 0.2) is 24.3 Å². The van der Waals surface area contributed by atoms with Crippen LogP contribution in [0.3, 0.4) is 0 Å². The van der Waals surface area contributed by atoms with Crippen LogP contribution < -0.4 is 15.4 Å². The van der Waals surface area contributed by atoms with Crippen LogP contribution in [0.2, 0.25) is 0 Å². The van der Waals surface area contributed by atoms with Gasteiger partial charge in [-0.15, -0.1) is 0 Å². The topological polar surface area (TPSA) is 50.4 Å². The normalized spacial score (nSPS) is 19.0. The minimum Gasteiger partial charge on any atom is -0.497 e. The molecule has 2 rings (SSSR count). The molecule has 1 aromatic rings. The molecule has 4 heteroatoms. The van der Waals surface area contributed by atoms with E-state index >= 15 is 0 Å². The van der Waals surface area contributed by atoms with Crippen LogP contribution in [0.1, 0.15) is 19.3 Å². The quantitative estimate of drug-likeness (QED) is 0.835. The van der Waals surface area contributed by atoms with E-state index < -0.39 is 0 Å². The van der Waals surface area contributed by atoms with Gasteiger partial charge in [0.2, 0.25) is 5.91 Å². The van der Waals surface area contributed by atoms with Crippen LogP contribution in [-0.4, -0.2) is 25.6 Å². The minimum absolute atomic E-state index is 0.0534. The van der Waals surface area contributed by atoms with E-state index in [-0.39, 0.29) is 5.91 Å². The molecule has 1 atom stereocenters. The summed E-state index contributed by atoms with van der Waals surface area (Å²) in [5.41, 5.74) is 0.785. The van der Waals surface area contributed by atoms with Crippen molar-refractivity contribution in [1.82, 2.24) is 5.32 Å². The van der Waals surface area contributed by atoms with Gasteiger partial charge in [-0.3, -0.25) is 4.79 Å². The van der Waals surface area contributed by atoms with E-state index in [1.807, 2.05) is 24.3 Å². The summed E-state index contributed by atoms with van der Waals surface area (Å²) in [4.78, 5) is 11.8. The van der Waals surface area contributed by atoms with Crippen LogP contribution >= 0.6 is 0 Å². The van der Waals surface area contributed by atoms with Gasteiger partial charge in [-0.25, -0.2) is 0 Å². The van der Waals surface area contributed by atoms with Gasteiger partial charge in [-0.1, -0.05) is 6.07 Å². The van der Waals surface area contributed by atoms with Gasteiger partial charge in [0.15, 0.2) is 0 Å². The second-order valence-electron chi connectivity index (χ2n) is 4.28. The van der Waals surface area contributed by atoms with Crippen molar-refractivity contribution in [2.75, 3.05) is 19.0 Å². The van der Waals surface area contributed by atoms with Gasteiger partial charge in [0, 0.05) is 24.2 Å². The highest BCUT2D eigenvalue weighted by Gasteiger charge is 2.17. The molecule has 1 aliphatic heterocycles. The van der Waals surface area contributed by atoms with E-state index in [0.717, 1.165) is 30.8 Å². The Morgan fingerprint density at radius 3 is 3.18 bits per heavy atom. The Morgan fingerprint density at radius 1 is 1.59 bits per heavy atom. The van der Waals surface area contributed by atoms with Gasteiger partial charge in [0.25, 0.3) is 0 Å². The maximum absolute atomic E-state index is 11.8. The number of rotatable bonds is 4. The molecule has 0 radical (unpaired) electrons. The summed E-state index contributed by atoms with van der Waals surface area (Å²) in [6, 6.07) is 7.74. The van der Waals surface area contributed by atoms with Gasteiger partial charge < -0.3 is 15.4 Å². The van der Waals surface area contributed by atoms with E-state index in [9.17, 15) is 4.79 Å². The standard InChI is InChI=1S/C13H18N2O2/c1-17-12-6-2-4-11(8-12)15-13(16)9-10-5-3-7-14-10/h2,4,6,8,10,14H,3,5,7,9H2,1H3,(H,15,16).